The van der Waals surface area contributed by atoms with Crippen LogP contribution in [-0.4, -0.2) is 15.9 Å². The molecule has 94 valence electrons. The molecule has 1 aromatic heterocycles. The average Bonchev–Trinajstić information content (AvgIpc) is 2.70. The van der Waals surface area contributed by atoms with E-state index in [0.29, 0.717) is 18.1 Å². The minimum absolute atomic E-state index is 0.300. The highest BCUT2D eigenvalue weighted by molar-refractivity contribution is 5.85. The number of anilines is 1. The van der Waals surface area contributed by atoms with Crippen molar-refractivity contribution in [3.05, 3.63) is 42.1 Å². The fraction of sp³-hybridized carbons (Fsp3) is 0.167. The third-order valence-electron chi connectivity index (χ3n) is 2.30. The van der Waals surface area contributed by atoms with Gasteiger partial charge in [0.2, 0.25) is 0 Å². The number of nitrogens with two attached hydrogens (primary N) is 1. The van der Waals surface area contributed by atoms with Crippen LogP contribution in [0.4, 0.5) is 10.6 Å². The molecule has 0 spiro atoms. The maximum atomic E-state index is 11.6. The molecule has 0 unspecified atom stereocenters. The van der Waals surface area contributed by atoms with Gasteiger partial charge in [-0.2, -0.15) is 5.10 Å². The lowest BCUT2D eigenvalue weighted by Crippen LogP contribution is -2.18. The van der Waals surface area contributed by atoms with Crippen LogP contribution in [0.25, 0.3) is 0 Å². The minimum atomic E-state index is -0.588. The smallest absolute Gasteiger partial charge is 0.410 e. The number of hydrogen-bond acceptors (Lipinski definition) is 4. The van der Waals surface area contributed by atoms with E-state index in [-0.39, 0.29) is 0 Å². The van der Waals surface area contributed by atoms with Crippen LogP contribution in [0.5, 0.6) is 5.75 Å². The Labute approximate surface area is 104 Å². The second-order valence-electron chi connectivity index (χ2n) is 3.71. The number of hydrogen-bond donors (Lipinski definition) is 2. The Balaban J connectivity index is 2.03. The van der Waals surface area contributed by atoms with Gasteiger partial charge in [-0.15, -0.1) is 0 Å². The minimum Gasteiger partial charge on any atom is -0.410 e. The number of aromatic nitrogens is 2. The number of nitrogens with zero attached hydrogens (tertiary/aromatic N) is 2. The summed E-state index contributed by atoms with van der Waals surface area (Å²) >= 11 is 0. The summed E-state index contributed by atoms with van der Waals surface area (Å²) in [5, 5.41) is 6.65. The standard InChI is InChI=1S/C12H14N4O2/c1-16-8-9(7-13)11(15-16)14-12(17)18-10-5-3-2-4-6-10/h2-6,8H,7,13H2,1H3,(H,14,15,17). The Hall–Kier alpha value is -2.34. The summed E-state index contributed by atoms with van der Waals surface area (Å²) in [6, 6.07) is 8.81. The maximum absolute atomic E-state index is 11.6. The topological polar surface area (TPSA) is 82.2 Å². The molecule has 0 fully saturated rings. The molecule has 6 heteroatoms. The Morgan fingerprint density at radius 3 is 2.83 bits per heavy atom. The van der Waals surface area contributed by atoms with Crippen LogP contribution < -0.4 is 15.8 Å². The van der Waals surface area contributed by atoms with Crippen LogP contribution in [0.1, 0.15) is 5.56 Å². The molecule has 0 aliphatic rings. The van der Waals surface area contributed by atoms with Gasteiger partial charge in [-0.05, 0) is 12.1 Å². The molecule has 0 radical (unpaired) electrons. The number of ether oxygens (including phenoxy) is 1. The Bertz CT molecular complexity index is 536. The Morgan fingerprint density at radius 2 is 2.17 bits per heavy atom. The molecule has 1 amide bonds. The van der Waals surface area contributed by atoms with Crippen LogP contribution in [0.15, 0.2) is 36.5 Å². The van der Waals surface area contributed by atoms with Crippen LogP contribution in [0.3, 0.4) is 0 Å². The predicted molar refractivity (Wildman–Crippen MR) is 67.2 cm³/mol. The van der Waals surface area contributed by atoms with E-state index in [4.69, 9.17) is 10.5 Å². The molecule has 2 rings (SSSR count). The molecule has 0 saturated heterocycles. The highest BCUT2D eigenvalue weighted by Gasteiger charge is 2.11. The highest BCUT2D eigenvalue weighted by atomic mass is 16.6. The zero-order chi connectivity index (χ0) is 13.0. The highest BCUT2D eigenvalue weighted by Crippen LogP contribution is 2.13. The van der Waals surface area contributed by atoms with Crippen molar-refractivity contribution >= 4 is 11.9 Å². The third-order valence-corrected chi connectivity index (χ3v) is 2.30. The van der Waals surface area contributed by atoms with E-state index in [1.807, 2.05) is 6.07 Å². The number of benzene rings is 1. The number of carbonyl (C=O) groups excluding carboxylic acids is 1. The molecule has 0 aliphatic carbocycles. The molecule has 6 nitrogen and oxygen atoms in total. The monoisotopic (exact) mass is 246 g/mol. The van der Waals surface area contributed by atoms with Gasteiger partial charge in [0.25, 0.3) is 0 Å². The van der Waals surface area contributed by atoms with Gasteiger partial charge in [-0.25, -0.2) is 4.79 Å². The second kappa shape index (κ2) is 5.33. The van der Waals surface area contributed by atoms with E-state index in [1.165, 1.54) is 0 Å². The molecule has 2 aromatic rings. The molecule has 1 aromatic carbocycles. The lowest BCUT2D eigenvalue weighted by atomic mass is 10.3. The van der Waals surface area contributed by atoms with E-state index in [1.54, 1.807) is 42.2 Å². The molecule has 1 heterocycles. The second-order valence-corrected chi connectivity index (χ2v) is 3.71. The lowest BCUT2D eigenvalue weighted by Gasteiger charge is -2.05. The number of carbonyl (C=O) groups is 1. The molecule has 0 bridgehead atoms. The zero-order valence-electron chi connectivity index (χ0n) is 9.96. The summed E-state index contributed by atoms with van der Waals surface area (Å²) in [7, 11) is 1.76. The lowest BCUT2D eigenvalue weighted by molar-refractivity contribution is 0.215. The van der Waals surface area contributed by atoms with Crippen molar-refractivity contribution in [2.24, 2.45) is 12.8 Å². The summed E-state index contributed by atoms with van der Waals surface area (Å²) < 4.78 is 6.67. The number of rotatable bonds is 3. The van der Waals surface area contributed by atoms with E-state index in [0.717, 1.165) is 5.56 Å². The van der Waals surface area contributed by atoms with Gasteiger partial charge >= 0.3 is 6.09 Å². The van der Waals surface area contributed by atoms with Gasteiger partial charge < -0.3 is 10.5 Å². The molecular formula is C12H14N4O2. The largest absolute Gasteiger partial charge is 0.418 e. The summed E-state index contributed by atoms with van der Waals surface area (Å²) in [5.41, 5.74) is 6.30. The molecule has 0 atom stereocenters. The van der Waals surface area contributed by atoms with Crippen LogP contribution in [0.2, 0.25) is 0 Å². The maximum Gasteiger partial charge on any atom is 0.418 e. The SMILES string of the molecule is Cn1cc(CN)c(NC(=O)Oc2ccccc2)n1. The van der Waals surface area contributed by atoms with Crippen LogP contribution in [-0.2, 0) is 13.6 Å². The zero-order valence-corrected chi connectivity index (χ0v) is 9.96. The van der Waals surface area contributed by atoms with Gasteiger partial charge in [0.1, 0.15) is 5.75 Å². The van der Waals surface area contributed by atoms with E-state index in [2.05, 4.69) is 10.4 Å². The fourth-order valence-corrected chi connectivity index (χ4v) is 1.51. The molecule has 0 saturated carbocycles. The first-order valence-corrected chi connectivity index (χ1v) is 5.45. The van der Waals surface area contributed by atoms with E-state index < -0.39 is 6.09 Å². The first-order chi connectivity index (χ1) is 8.69. The number of para-hydroxylation sites is 1. The predicted octanol–water partition coefficient (Wildman–Crippen LogP) is 1.49. The first-order valence-electron chi connectivity index (χ1n) is 5.45. The summed E-state index contributed by atoms with van der Waals surface area (Å²) in [6.07, 6.45) is 1.16. The first kappa shape index (κ1) is 12.1. The molecule has 0 aliphatic heterocycles. The van der Waals surface area contributed by atoms with Crippen molar-refractivity contribution in [1.29, 1.82) is 0 Å². The fourth-order valence-electron chi connectivity index (χ4n) is 1.51. The van der Waals surface area contributed by atoms with Crippen LogP contribution in [0, 0.1) is 0 Å². The van der Waals surface area contributed by atoms with E-state index >= 15 is 0 Å². The van der Waals surface area contributed by atoms with Gasteiger partial charge in [0.15, 0.2) is 5.82 Å². The van der Waals surface area contributed by atoms with E-state index in [9.17, 15) is 4.79 Å². The Kier molecular flexibility index (Phi) is 3.59. The van der Waals surface area contributed by atoms with Gasteiger partial charge in [0, 0.05) is 25.4 Å². The van der Waals surface area contributed by atoms with Crippen molar-refractivity contribution in [3.8, 4) is 5.75 Å². The van der Waals surface area contributed by atoms with Crippen molar-refractivity contribution in [3.63, 3.8) is 0 Å². The van der Waals surface area contributed by atoms with Crippen molar-refractivity contribution < 1.29 is 9.53 Å². The molecule has 18 heavy (non-hydrogen) atoms. The normalized spacial score (nSPS) is 10.1. The van der Waals surface area contributed by atoms with Crippen LogP contribution >= 0.6 is 0 Å². The van der Waals surface area contributed by atoms with Crippen molar-refractivity contribution in [1.82, 2.24) is 9.78 Å². The van der Waals surface area contributed by atoms with Gasteiger partial charge in [-0.3, -0.25) is 10.00 Å². The van der Waals surface area contributed by atoms with Crippen molar-refractivity contribution in [2.75, 3.05) is 5.32 Å². The number of amides is 1. The molecular weight excluding hydrogens is 232 g/mol. The summed E-state index contributed by atoms with van der Waals surface area (Å²) in [4.78, 5) is 11.6. The summed E-state index contributed by atoms with van der Waals surface area (Å²) in [5.74, 6) is 0.890. The average molecular weight is 246 g/mol. The van der Waals surface area contributed by atoms with Crippen molar-refractivity contribution in [2.45, 2.75) is 6.54 Å². The quantitative estimate of drug-likeness (QED) is 0.859. The Morgan fingerprint density at radius 1 is 1.44 bits per heavy atom. The van der Waals surface area contributed by atoms with Gasteiger partial charge in [0.05, 0.1) is 0 Å². The molecule has 3 N–H and O–H groups in total. The summed E-state index contributed by atoms with van der Waals surface area (Å²) in [6.45, 7) is 0.300. The van der Waals surface area contributed by atoms with Gasteiger partial charge in [-0.1, -0.05) is 18.2 Å². The number of aryl methyl sites for hydroxylation is 1. The number of nitrogens with one attached hydrogen (secondary N) is 1. The third kappa shape index (κ3) is 2.86.